The maximum Gasteiger partial charge on any atom is 0.341 e. The van der Waals surface area contributed by atoms with Crippen LogP contribution >= 0.6 is 0 Å². The molecule has 1 rings (SSSR count). The molecule has 6 nitrogen and oxygen atoms in total. The fourth-order valence-corrected chi connectivity index (χ4v) is 1.26. The predicted octanol–water partition coefficient (Wildman–Crippen LogP) is 1.47. The van der Waals surface area contributed by atoms with Crippen molar-refractivity contribution >= 4 is 5.97 Å². The Morgan fingerprint density at radius 1 is 1.47 bits per heavy atom. The molecule has 2 N–H and O–H groups in total. The molecule has 1 aromatic heterocycles. The third-order valence-electron chi connectivity index (χ3n) is 2.79. The van der Waals surface area contributed by atoms with Crippen molar-refractivity contribution in [3.8, 4) is 6.01 Å². The smallest absolute Gasteiger partial charge is 0.341 e. The highest BCUT2D eigenvalue weighted by Crippen LogP contribution is 2.12. The summed E-state index contributed by atoms with van der Waals surface area (Å²) < 4.78 is 10.3. The topological polar surface area (TPSA) is 87.3 Å². The number of nitrogens with two attached hydrogens (primary N) is 1. The Bertz CT molecular complexity index is 447. The number of ether oxygens (including phenoxy) is 2. The Labute approximate surface area is 113 Å². The van der Waals surface area contributed by atoms with Gasteiger partial charge in [0.15, 0.2) is 0 Å². The van der Waals surface area contributed by atoms with Crippen LogP contribution in [-0.2, 0) is 4.74 Å². The maximum atomic E-state index is 11.6. The van der Waals surface area contributed by atoms with E-state index in [0.717, 1.165) is 6.42 Å². The monoisotopic (exact) mass is 267 g/mol. The lowest BCUT2D eigenvalue weighted by Gasteiger charge is -2.21. The highest BCUT2D eigenvalue weighted by atomic mass is 16.5. The van der Waals surface area contributed by atoms with Crippen LogP contribution in [0.5, 0.6) is 6.01 Å². The van der Waals surface area contributed by atoms with E-state index >= 15 is 0 Å². The van der Waals surface area contributed by atoms with Gasteiger partial charge in [0.1, 0.15) is 6.61 Å². The lowest BCUT2D eigenvalue weighted by Crippen LogP contribution is -2.41. The van der Waals surface area contributed by atoms with Crippen molar-refractivity contribution in [1.82, 2.24) is 9.97 Å². The summed E-state index contributed by atoms with van der Waals surface area (Å²) in [5, 5.41) is 0. The standard InChI is InChI=1S/C13H21N3O3/c1-5-13(4,14)8-19-12-15-7-10(9(3)16-12)11(17)18-6-2/h7H,5-6,8,14H2,1-4H3. The Morgan fingerprint density at radius 3 is 2.68 bits per heavy atom. The molecule has 0 aliphatic heterocycles. The molecule has 0 aromatic carbocycles. The number of carbonyl (C=O) groups excluding carboxylic acids is 1. The van der Waals surface area contributed by atoms with Crippen LogP contribution in [0.4, 0.5) is 0 Å². The molecule has 6 heteroatoms. The van der Waals surface area contributed by atoms with E-state index in [1.54, 1.807) is 13.8 Å². The van der Waals surface area contributed by atoms with E-state index in [1.165, 1.54) is 6.20 Å². The van der Waals surface area contributed by atoms with Gasteiger partial charge in [-0.15, -0.1) is 0 Å². The molecule has 1 unspecified atom stereocenters. The van der Waals surface area contributed by atoms with Crippen LogP contribution < -0.4 is 10.5 Å². The van der Waals surface area contributed by atoms with Crippen LogP contribution in [0.1, 0.15) is 43.2 Å². The molecule has 0 aliphatic carbocycles. The van der Waals surface area contributed by atoms with Gasteiger partial charge >= 0.3 is 12.0 Å². The zero-order valence-corrected chi connectivity index (χ0v) is 11.9. The molecular formula is C13H21N3O3. The van der Waals surface area contributed by atoms with Gasteiger partial charge in [-0.2, -0.15) is 4.98 Å². The third kappa shape index (κ3) is 4.48. The molecule has 0 aliphatic rings. The Morgan fingerprint density at radius 2 is 2.16 bits per heavy atom. The Balaban J connectivity index is 2.74. The quantitative estimate of drug-likeness (QED) is 0.785. The first-order valence-corrected chi connectivity index (χ1v) is 6.32. The minimum absolute atomic E-state index is 0.218. The maximum absolute atomic E-state index is 11.6. The van der Waals surface area contributed by atoms with Crippen LogP contribution in [-0.4, -0.2) is 34.7 Å². The highest BCUT2D eigenvalue weighted by molar-refractivity contribution is 5.90. The lowest BCUT2D eigenvalue weighted by molar-refractivity contribution is 0.0524. The average Bonchev–Trinajstić information content (AvgIpc) is 2.37. The predicted molar refractivity (Wildman–Crippen MR) is 71.1 cm³/mol. The third-order valence-corrected chi connectivity index (χ3v) is 2.79. The highest BCUT2D eigenvalue weighted by Gasteiger charge is 2.18. The zero-order chi connectivity index (χ0) is 14.5. The van der Waals surface area contributed by atoms with Gasteiger partial charge < -0.3 is 15.2 Å². The normalized spacial score (nSPS) is 13.7. The Kier molecular flexibility index (Phi) is 5.23. The van der Waals surface area contributed by atoms with Gasteiger partial charge in [0.25, 0.3) is 0 Å². The van der Waals surface area contributed by atoms with Crippen molar-refractivity contribution in [2.24, 2.45) is 5.73 Å². The summed E-state index contributed by atoms with van der Waals surface area (Å²) in [5.41, 5.74) is 6.42. The van der Waals surface area contributed by atoms with E-state index in [0.29, 0.717) is 24.5 Å². The second-order valence-electron chi connectivity index (χ2n) is 4.67. The van der Waals surface area contributed by atoms with Crippen molar-refractivity contribution in [3.63, 3.8) is 0 Å². The van der Waals surface area contributed by atoms with Gasteiger partial charge in [0, 0.05) is 11.7 Å². The molecule has 1 atom stereocenters. The van der Waals surface area contributed by atoms with Crippen LogP contribution in [0.25, 0.3) is 0 Å². The van der Waals surface area contributed by atoms with Gasteiger partial charge in [-0.25, -0.2) is 9.78 Å². The molecule has 0 saturated carbocycles. The van der Waals surface area contributed by atoms with Crippen molar-refractivity contribution in [2.45, 2.75) is 39.7 Å². The van der Waals surface area contributed by atoms with Crippen LogP contribution in [0.3, 0.4) is 0 Å². The molecule has 19 heavy (non-hydrogen) atoms. The lowest BCUT2D eigenvalue weighted by atomic mass is 10.0. The minimum Gasteiger partial charge on any atom is -0.462 e. The summed E-state index contributed by atoms with van der Waals surface area (Å²) in [6.07, 6.45) is 2.20. The second-order valence-corrected chi connectivity index (χ2v) is 4.67. The summed E-state index contributed by atoms with van der Waals surface area (Å²) in [5.74, 6) is -0.427. The van der Waals surface area contributed by atoms with Crippen molar-refractivity contribution in [1.29, 1.82) is 0 Å². The van der Waals surface area contributed by atoms with E-state index in [1.807, 2.05) is 13.8 Å². The number of hydrogen-bond donors (Lipinski definition) is 1. The first-order valence-electron chi connectivity index (χ1n) is 6.32. The van der Waals surface area contributed by atoms with Gasteiger partial charge in [-0.1, -0.05) is 6.92 Å². The van der Waals surface area contributed by atoms with Crippen LogP contribution in [0.15, 0.2) is 6.20 Å². The fraction of sp³-hybridized carbons (Fsp3) is 0.615. The first kappa shape index (κ1) is 15.4. The molecule has 0 saturated heterocycles. The van der Waals surface area contributed by atoms with E-state index in [4.69, 9.17) is 15.2 Å². The summed E-state index contributed by atoms with van der Waals surface area (Å²) in [7, 11) is 0. The summed E-state index contributed by atoms with van der Waals surface area (Å²) in [4.78, 5) is 19.7. The number of esters is 1. The molecule has 1 aromatic rings. The van der Waals surface area contributed by atoms with Gasteiger partial charge in [0.05, 0.1) is 17.9 Å². The minimum atomic E-state index is -0.427. The molecule has 0 amide bonds. The van der Waals surface area contributed by atoms with Crippen molar-refractivity contribution in [3.05, 3.63) is 17.5 Å². The number of carbonyl (C=O) groups is 1. The summed E-state index contributed by atoms with van der Waals surface area (Å²) in [6.45, 7) is 7.98. The number of aromatic nitrogens is 2. The van der Waals surface area contributed by atoms with Gasteiger partial charge in [-0.3, -0.25) is 0 Å². The number of rotatable bonds is 6. The number of nitrogens with zero attached hydrogens (tertiary/aromatic N) is 2. The molecule has 0 spiro atoms. The Hall–Kier alpha value is -1.69. The fourth-order valence-electron chi connectivity index (χ4n) is 1.26. The molecule has 0 fully saturated rings. The van der Waals surface area contributed by atoms with Crippen molar-refractivity contribution < 1.29 is 14.3 Å². The van der Waals surface area contributed by atoms with Crippen LogP contribution in [0.2, 0.25) is 0 Å². The molecular weight excluding hydrogens is 246 g/mol. The van der Waals surface area contributed by atoms with Crippen LogP contribution in [0, 0.1) is 6.92 Å². The van der Waals surface area contributed by atoms with E-state index in [9.17, 15) is 4.79 Å². The molecule has 0 bridgehead atoms. The van der Waals surface area contributed by atoms with E-state index in [-0.39, 0.29) is 6.01 Å². The largest absolute Gasteiger partial charge is 0.462 e. The molecule has 0 radical (unpaired) electrons. The number of hydrogen-bond acceptors (Lipinski definition) is 6. The molecule has 1 heterocycles. The van der Waals surface area contributed by atoms with E-state index < -0.39 is 11.5 Å². The summed E-state index contributed by atoms with van der Waals surface area (Å²) >= 11 is 0. The zero-order valence-electron chi connectivity index (χ0n) is 11.9. The second kappa shape index (κ2) is 6.47. The first-order chi connectivity index (χ1) is 8.89. The average molecular weight is 267 g/mol. The summed E-state index contributed by atoms with van der Waals surface area (Å²) in [6, 6.07) is 0.218. The van der Waals surface area contributed by atoms with E-state index in [2.05, 4.69) is 9.97 Å². The van der Waals surface area contributed by atoms with Gasteiger partial charge in [-0.05, 0) is 27.2 Å². The van der Waals surface area contributed by atoms with Gasteiger partial charge in [0.2, 0.25) is 0 Å². The number of aryl methyl sites for hydroxylation is 1. The SMILES string of the molecule is CCOC(=O)c1cnc(OCC(C)(N)CC)nc1C. The van der Waals surface area contributed by atoms with Crippen molar-refractivity contribution in [2.75, 3.05) is 13.2 Å². The molecule has 106 valence electrons.